The first kappa shape index (κ1) is 17.1. The fourth-order valence-corrected chi connectivity index (χ4v) is 3.23. The molecule has 0 aliphatic carbocycles. The van der Waals surface area contributed by atoms with Crippen LogP contribution in [0.25, 0.3) is 0 Å². The molecule has 0 amide bonds. The van der Waals surface area contributed by atoms with Crippen molar-refractivity contribution in [3.05, 3.63) is 41.0 Å². The highest BCUT2D eigenvalue weighted by atomic mass is 32.2. The van der Waals surface area contributed by atoms with E-state index < -0.39 is 14.9 Å². The Labute approximate surface area is 135 Å². The normalized spacial score (nSPS) is 11.3. The number of rotatable bonds is 7. The lowest BCUT2D eigenvalue weighted by Crippen LogP contribution is -2.18. The largest absolute Gasteiger partial charge is 0.284 e. The molecule has 2 aromatic rings. The number of hydrogen-bond acceptors (Lipinski definition) is 8. The van der Waals surface area contributed by atoms with Gasteiger partial charge in [0.25, 0.3) is 5.69 Å². The van der Waals surface area contributed by atoms with E-state index in [1.54, 1.807) is 6.08 Å². The van der Waals surface area contributed by atoms with Gasteiger partial charge in [0.15, 0.2) is 0 Å². The topological polar surface area (TPSA) is 133 Å². The van der Waals surface area contributed by atoms with E-state index in [0.29, 0.717) is 11.7 Å². The van der Waals surface area contributed by atoms with Gasteiger partial charge in [0, 0.05) is 6.07 Å². The van der Waals surface area contributed by atoms with Crippen molar-refractivity contribution in [2.24, 2.45) is 0 Å². The van der Waals surface area contributed by atoms with Gasteiger partial charge in [-0.25, -0.2) is 17.8 Å². The molecule has 0 spiro atoms. The fraction of sp³-hybridized carbons (Fsp3) is 0.182. The van der Waals surface area contributed by atoms with Gasteiger partial charge in [-0.1, -0.05) is 6.08 Å². The molecule has 2 rings (SSSR count). The first-order valence-corrected chi connectivity index (χ1v) is 8.46. The van der Waals surface area contributed by atoms with E-state index in [2.05, 4.69) is 26.8 Å². The second kappa shape index (κ2) is 6.85. The summed E-state index contributed by atoms with van der Waals surface area (Å²) in [5.41, 5.74) is -0.348. The minimum Gasteiger partial charge on any atom is -0.258 e. The van der Waals surface area contributed by atoms with Crippen molar-refractivity contribution in [2.45, 2.75) is 21.5 Å². The molecule has 1 aromatic heterocycles. The fourth-order valence-electron chi connectivity index (χ4n) is 1.62. The number of hydrogen-bond donors (Lipinski definition) is 1. The van der Waals surface area contributed by atoms with Crippen LogP contribution < -0.4 is 4.72 Å². The summed E-state index contributed by atoms with van der Waals surface area (Å²) in [6, 6.07) is 3.62. The van der Waals surface area contributed by atoms with Gasteiger partial charge in [-0.15, -0.1) is 11.7 Å². The zero-order valence-corrected chi connectivity index (χ0v) is 13.5. The van der Waals surface area contributed by atoms with Crippen LogP contribution in [0.2, 0.25) is 0 Å². The van der Waals surface area contributed by atoms with Crippen LogP contribution in [0.4, 0.5) is 5.69 Å². The molecule has 0 saturated heterocycles. The molecular weight excluding hydrogens is 344 g/mol. The van der Waals surface area contributed by atoms with Crippen molar-refractivity contribution in [1.82, 2.24) is 24.9 Å². The van der Waals surface area contributed by atoms with Crippen molar-refractivity contribution in [3.8, 4) is 0 Å². The van der Waals surface area contributed by atoms with Crippen molar-refractivity contribution in [1.29, 1.82) is 0 Å². The van der Waals surface area contributed by atoms with Gasteiger partial charge in [-0.3, -0.25) is 10.1 Å². The molecule has 122 valence electrons. The van der Waals surface area contributed by atoms with E-state index >= 15 is 0 Å². The average Bonchev–Trinajstić information content (AvgIpc) is 2.95. The zero-order valence-electron chi connectivity index (χ0n) is 11.9. The summed E-state index contributed by atoms with van der Waals surface area (Å²) in [4.78, 5) is 10.6. The van der Waals surface area contributed by atoms with Gasteiger partial charge in [0.1, 0.15) is 0 Å². The van der Waals surface area contributed by atoms with Gasteiger partial charge < -0.3 is 0 Å². The van der Waals surface area contributed by atoms with E-state index in [1.807, 2.05) is 0 Å². The number of nitro benzene ring substituents is 1. The highest BCUT2D eigenvalue weighted by Gasteiger charge is 2.22. The van der Waals surface area contributed by atoms with Crippen molar-refractivity contribution < 1.29 is 13.3 Å². The third-order valence-corrected chi connectivity index (χ3v) is 5.16. The molecule has 12 heteroatoms. The summed E-state index contributed by atoms with van der Waals surface area (Å²) in [5, 5.41) is 22.6. The molecule has 23 heavy (non-hydrogen) atoms. The zero-order chi connectivity index (χ0) is 17.0. The Balaban J connectivity index is 2.45. The Morgan fingerprint density at radius 3 is 2.87 bits per heavy atom. The Morgan fingerprint density at radius 2 is 2.26 bits per heavy atom. The van der Waals surface area contributed by atoms with E-state index in [4.69, 9.17) is 0 Å². The molecule has 0 unspecified atom stereocenters. The first-order valence-electron chi connectivity index (χ1n) is 6.16. The molecule has 0 aliphatic heterocycles. The molecule has 0 bridgehead atoms. The highest BCUT2D eigenvalue weighted by Crippen LogP contribution is 2.34. The monoisotopic (exact) mass is 356 g/mol. The average molecular weight is 356 g/mol. The molecule has 1 heterocycles. The number of nitro groups is 1. The summed E-state index contributed by atoms with van der Waals surface area (Å²) in [6.45, 7) is 3.91. The van der Waals surface area contributed by atoms with Crippen LogP contribution in [0.15, 0.2) is 45.8 Å². The molecule has 1 N–H and O–H groups in total. The molecular formula is C11H12N6O4S2. The SMILES string of the molecule is C=CCn1nnnc1Sc1ccc(S(=O)(=O)NC)cc1[N+](=O)[O-]. The Hall–Kier alpha value is -2.31. The summed E-state index contributed by atoms with van der Waals surface area (Å²) < 4.78 is 27.0. The summed E-state index contributed by atoms with van der Waals surface area (Å²) in [7, 11) is -2.54. The third-order valence-electron chi connectivity index (χ3n) is 2.71. The highest BCUT2D eigenvalue weighted by molar-refractivity contribution is 7.99. The number of nitrogens with one attached hydrogen (secondary N) is 1. The second-order valence-corrected chi connectivity index (χ2v) is 7.02. The molecule has 0 saturated carbocycles. The minimum atomic E-state index is -3.77. The van der Waals surface area contributed by atoms with Crippen LogP contribution in [0.5, 0.6) is 0 Å². The first-order chi connectivity index (χ1) is 10.9. The maximum atomic E-state index is 11.8. The lowest BCUT2D eigenvalue weighted by Gasteiger charge is -2.06. The van der Waals surface area contributed by atoms with Crippen molar-refractivity contribution in [2.75, 3.05) is 7.05 Å². The molecule has 1 aromatic carbocycles. The van der Waals surface area contributed by atoms with E-state index in [-0.39, 0.29) is 15.5 Å². The molecule has 0 radical (unpaired) electrons. The van der Waals surface area contributed by atoms with Gasteiger partial charge in [0.2, 0.25) is 15.2 Å². The number of allylic oxidation sites excluding steroid dienone is 1. The quantitative estimate of drug-likeness (QED) is 0.438. The van der Waals surface area contributed by atoms with Gasteiger partial charge >= 0.3 is 0 Å². The Morgan fingerprint density at radius 1 is 1.52 bits per heavy atom. The van der Waals surface area contributed by atoms with Crippen molar-refractivity contribution >= 4 is 27.5 Å². The van der Waals surface area contributed by atoms with Gasteiger partial charge in [-0.2, -0.15) is 0 Å². The van der Waals surface area contributed by atoms with Crippen LogP contribution in [0.3, 0.4) is 0 Å². The van der Waals surface area contributed by atoms with E-state index in [0.717, 1.165) is 17.8 Å². The second-order valence-electron chi connectivity index (χ2n) is 4.13. The molecule has 0 atom stereocenters. The molecule has 10 nitrogen and oxygen atoms in total. The van der Waals surface area contributed by atoms with Crippen LogP contribution in [0.1, 0.15) is 0 Å². The summed E-state index contributed by atoms with van der Waals surface area (Å²) in [6.07, 6.45) is 1.58. The Bertz CT molecular complexity index is 848. The predicted molar refractivity (Wildman–Crippen MR) is 81.5 cm³/mol. The smallest absolute Gasteiger partial charge is 0.258 e. The van der Waals surface area contributed by atoms with Crippen LogP contribution in [-0.2, 0) is 16.6 Å². The third kappa shape index (κ3) is 3.72. The number of tetrazole rings is 1. The molecule has 0 aliphatic rings. The lowest BCUT2D eigenvalue weighted by atomic mass is 10.3. The van der Waals surface area contributed by atoms with Gasteiger partial charge in [-0.05, 0) is 41.4 Å². The maximum Gasteiger partial charge on any atom is 0.284 e. The lowest BCUT2D eigenvalue weighted by molar-refractivity contribution is -0.388. The van der Waals surface area contributed by atoms with Gasteiger partial charge in [0.05, 0.1) is 21.3 Å². The maximum absolute atomic E-state index is 11.8. The number of aromatic nitrogens is 4. The van der Waals surface area contributed by atoms with E-state index in [9.17, 15) is 18.5 Å². The van der Waals surface area contributed by atoms with Crippen LogP contribution in [-0.4, -0.2) is 40.6 Å². The standard InChI is InChI=1S/C11H12N6O4S2/c1-3-6-16-11(13-14-15-16)22-10-5-4-8(23(20,21)12-2)7-9(10)17(18)19/h3-5,7,12H,1,6H2,2H3. The van der Waals surface area contributed by atoms with Crippen LogP contribution in [0, 0.1) is 10.1 Å². The van der Waals surface area contributed by atoms with Crippen molar-refractivity contribution in [3.63, 3.8) is 0 Å². The number of nitrogens with zero attached hydrogens (tertiary/aromatic N) is 5. The van der Waals surface area contributed by atoms with E-state index in [1.165, 1.54) is 23.9 Å². The Kier molecular flexibility index (Phi) is 5.08. The van der Waals surface area contributed by atoms with Crippen LogP contribution >= 0.6 is 11.8 Å². The predicted octanol–water partition coefficient (Wildman–Crippen LogP) is 0.827. The molecule has 0 fully saturated rings. The summed E-state index contributed by atoms with van der Waals surface area (Å²) in [5.74, 6) is 0. The summed E-state index contributed by atoms with van der Waals surface area (Å²) >= 11 is 0.965. The number of sulfonamides is 1. The minimum absolute atomic E-state index is 0.193. The number of benzene rings is 1.